The Bertz CT molecular complexity index is 250. The molecule has 0 N–H and O–H groups in total. The summed E-state index contributed by atoms with van der Waals surface area (Å²) in [5, 5.41) is 0. The molecule has 0 radical (unpaired) electrons. The van der Waals surface area contributed by atoms with Gasteiger partial charge in [0.1, 0.15) is 0 Å². The molecule has 1 aliphatic carbocycles. The molecule has 0 atom stereocenters. The number of hydrogen-bond acceptors (Lipinski definition) is 1. The molecule has 1 rings (SSSR count). The number of unbranched alkanes of at least 4 members (excludes halogenated alkanes) is 2. The van der Waals surface area contributed by atoms with Crippen LogP contribution in [0.15, 0.2) is 11.1 Å². The molecule has 16 heavy (non-hydrogen) atoms. The van der Waals surface area contributed by atoms with Crippen LogP contribution in [0.4, 0.5) is 0 Å². The number of rotatable bonds is 6. The summed E-state index contributed by atoms with van der Waals surface area (Å²) in [7, 11) is 0. The van der Waals surface area contributed by atoms with Gasteiger partial charge in [-0.15, -0.1) is 0 Å². The van der Waals surface area contributed by atoms with Crippen LogP contribution in [0.2, 0.25) is 0 Å². The fraction of sp³-hybridized carbons (Fsp3) is 0.800. The molecule has 0 aliphatic heterocycles. The fourth-order valence-corrected chi connectivity index (χ4v) is 2.46. The summed E-state index contributed by atoms with van der Waals surface area (Å²) in [6.45, 7) is 4.43. The molecule has 0 heterocycles. The Hall–Kier alpha value is -0.590. The van der Waals surface area contributed by atoms with Crippen molar-refractivity contribution in [3.8, 4) is 0 Å². The van der Waals surface area contributed by atoms with E-state index in [9.17, 15) is 4.79 Å². The molecule has 0 saturated heterocycles. The van der Waals surface area contributed by atoms with Crippen molar-refractivity contribution < 1.29 is 4.79 Å². The monoisotopic (exact) mass is 222 g/mol. The van der Waals surface area contributed by atoms with Crippen LogP contribution in [0.1, 0.15) is 78.1 Å². The van der Waals surface area contributed by atoms with Crippen molar-refractivity contribution in [1.29, 1.82) is 0 Å². The average molecular weight is 222 g/mol. The zero-order valence-corrected chi connectivity index (χ0v) is 11.0. The number of ketones is 1. The Labute approximate surface area is 100 Å². The third kappa shape index (κ3) is 4.11. The highest BCUT2D eigenvalue weighted by molar-refractivity contribution is 5.96. The van der Waals surface area contributed by atoms with Crippen LogP contribution in [0.25, 0.3) is 0 Å². The van der Waals surface area contributed by atoms with Gasteiger partial charge in [0.15, 0.2) is 5.78 Å². The molecule has 1 nitrogen and oxygen atoms in total. The van der Waals surface area contributed by atoms with Gasteiger partial charge in [0, 0.05) is 6.42 Å². The van der Waals surface area contributed by atoms with Crippen LogP contribution < -0.4 is 0 Å². The van der Waals surface area contributed by atoms with Crippen LogP contribution >= 0.6 is 0 Å². The summed E-state index contributed by atoms with van der Waals surface area (Å²) in [5.74, 6) is 0.456. The van der Waals surface area contributed by atoms with E-state index >= 15 is 0 Å². The van der Waals surface area contributed by atoms with Crippen LogP contribution in [-0.4, -0.2) is 5.78 Å². The third-order valence-electron chi connectivity index (χ3n) is 3.51. The van der Waals surface area contributed by atoms with Crippen molar-refractivity contribution in [2.24, 2.45) is 0 Å². The second-order valence-electron chi connectivity index (χ2n) is 4.92. The number of carbonyl (C=O) groups excluding carboxylic acids is 1. The molecule has 1 aliphatic rings. The Balaban J connectivity index is 2.72. The number of carbonyl (C=O) groups is 1. The van der Waals surface area contributed by atoms with Crippen molar-refractivity contribution in [2.45, 2.75) is 78.1 Å². The van der Waals surface area contributed by atoms with E-state index in [0.29, 0.717) is 5.78 Å². The highest BCUT2D eigenvalue weighted by Crippen LogP contribution is 2.28. The van der Waals surface area contributed by atoms with Crippen molar-refractivity contribution in [3.05, 3.63) is 11.1 Å². The van der Waals surface area contributed by atoms with E-state index in [-0.39, 0.29) is 0 Å². The maximum Gasteiger partial charge on any atom is 0.158 e. The van der Waals surface area contributed by atoms with Crippen molar-refractivity contribution in [1.82, 2.24) is 0 Å². The number of allylic oxidation sites excluding steroid dienone is 2. The van der Waals surface area contributed by atoms with Gasteiger partial charge in [-0.2, -0.15) is 0 Å². The Morgan fingerprint density at radius 1 is 0.938 bits per heavy atom. The van der Waals surface area contributed by atoms with Gasteiger partial charge in [-0.25, -0.2) is 0 Å². The van der Waals surface area contributed by atoms with Gasteiger partial charge < -0.3 is 0 Å². The molecular weight excluding hydrogens is 196 g/mol. The molecule has 0 saturated carbocycles. The lowest BCUT2D eigenvalue weighted by Crippen LogP contribution is -2.04. The van der Waals surface area contributed by atoms with Gasteiger partial charge in [0.05, 0.1) is 0 Å². The molecular formula is C15H26O. The van der Waals surface area contributed by atoms with E-state index in [1.54, 1.807) is 0 Å². The van der Waals surface area contributed by atoms with Gasteiger partial charge in [-0.1, -0.05) is 32.3 Å². The Kier molecular flexibility index (Phi) is 6.44. The molecule has 0 aromatic heterocycles. The van der Waals surface area contributed by atoms with Gasteiger partial charge in [-0.3, -0.25) is 4.79 Å². The zero-order valence-electron chi connectivity index (χ0n) is 11.0. The van der Waals surface area contributed by atoms with Crippen LogP contribution in [0, 0.1) is 0 Å². The lowest BCUT2D eigenvalue weighted by atomic mass is 9.94. The minimum absolute atomic E-state index is 0.456. The van der Waals surface area contributed by atoms with Crippen LogP contribution in [0.3, 0.4) is 0 Å². The van der Waals surface area contributed by atoms with Gasteiger partial charge in [-0.05, 0) is 50.5 Å². The van der Waals surface area contributed by atoms with E-state index in [4.69, 9.17) is 0 Å². The third-order valence-corrected chi connectivity index (χ3v) is 3.51. The highest BCUT2D eigenvalue weighted by atomic mass is 16.1. The maximum atomic E-state index is 12.0. The summed E-state index contributed by atoms with van der Waals surface area (Å²) in [4.78, 5) is 12.0. The Morgan fingerprint density at radius 2 is 1.56 bits per heavy atom. The average Bonchev–Trinajstić information content (AvgIpc) is 2.46. The maximum absolute atomic E-state index is 12.0. The van der Waals surface area contributed by atoms with E-state index in [1.807, 2.05) is 0 Å². The molecule has 0 aromatic rings. The lowest BCUT2D eigenvalue weighted by Gasteiger charge is -2.11. The standard InChI is InChI=1S/C15H26O/c1-3-5-9-13-10-7-8-12-15(16)14(13)11-6-4-2/h3-12H2,1-2H3. The molecule has 0 bridgehead atoms. The SMILES string of the molecule is CCCCC1=C(CCCC)C(=O)CCCC1. The van der Waals surface area contributed by atoms with Gasteiger partial charge >= 0.3 is 0 Å². The number of Topliss-reactive ketones (excluding diaryl/α,β-unsaturated/α-hetero) is 1. The molecule has 1 heteroatoms. The number of hydrogen-bond donors (Lipinski definition) is 0. The van der Waals surface area contributed by atoms with Gasteiger partial charge in [0.25, 0.3) is 0 Å². The normalized spacial score (nSPS) is 17.8. The summed E-state index contributed by atoms with van der Waals surface area (Å²) in [6.07, 6.45) is 11.4. The fourth-order valence-electron chi connectivity index (χ4n) is 2.46. The van der Waals surface area contributed by atoms with E-state index in [0.717, 1.165) is 19.3 Å². The second-order valence-corrected chi connectivity index (χ2v) is 4.92. The summed E-state index contributed by atoms with van der Waals surface area (Å²) in [6, 6.07) is 0. The second kappa shape index (κ2) is 7.65. The topological polar surface area (TPSA) is 17.1 Å². The molecule has 0 fully saturated rings. The highest BCUT2D eigenvalue weighted by Gasteiger charge is 2.17. The first-order valence-corrected chi connectivity index (χ1v) is 7.03. The predicted molar refractivity (Wildman–Crippen MR) is 69.6 cm³/mol. The van der Waals surface area contributed by atoms with Crippen molar-refractivity contribution in [3.63, 3.8) is 0 Å². The minimum atomic E-state index is 0.456. The predicted octanol–water partition coefficient (Wildman–Crippen LogP) is 4.81. The lowest BCUT2D eigenvalue weighted by molar-refractivity contribution is -0.115. The van der Waals surface area contributed by atoms with E-state index in [1.165, 1.54) is 56.1 Å². The van der Waals surface area contributed by atoms with E-state index < -0.39 is 0 Å². The molecule has 0 spiro atoms. The summed E-state index contributed by atoms with van der Waals surface area (Å²) >= 11 is 0. The first-order chi connectivity index (χ1) is 7.79. The van der Waals surface area contributed by atoms with Crippen LogP contribution in [0.5, 0.6) is 0 Å². The quantitative estimate of drug-likeness (QED) is 0.630. The first kappa shape index (κ1) is 13.5. The van der Waals surface area contributed by atoms with E-state index in [2.05, 4.69) is 13.8 Å². The molecule has 0 unspecified atom stereocenters. The van der Waals surface area contributed by atoms with Gasteiger partial charge in [0.2, 0.25) is 0 Å². The zero-order chi connectivity index (χ0) is 11.8. The largest absolute Gasteiger partial charge is 0.295 e. The summed E-state index contributed by atoms with van der Waals surface area (Å²) < 4.78 is 0. The van der Waals surface area contributed by atoms with Crippen molar-refractivity contribution in [2.75, 3.05) is 0 Å². The summed E-state index contributed by atoms with van der Waals surface area (Å²) in [5.41, 5.74) is 2.71. The van der Waals surface area contributed by atoms with Crippen molar-refractivity contribution >= 4 is 5.78 Å². The first-order valence-electron chi connectivity index (χ1n) is 7.03. The molecule has 0 aromatic carbocycles. The minimum Gasteiger partial charge on any atom is -0.295 e. The Morgan fingerprint density at radius 3 is 2.25 bits per heavy atom. The smallest absolute Gasteiger partial charge is 0.158 e. The molecule has 0 amide bonds. The molecule has 92 valence electrons. The van der Waals surface area contributed by atoms with Crippen LogP contribution in [-0.2, 0) is 4.79 Å².